The molecule has 12 heteroatoms. The number of hydrogen-bond acceptors (Lipinski definition) is 11. The number of hydrogen-bond donors (Lipinski definition) is 3. The summed E-state index contributed by atoms with van der Waals surface area (Å²) in [5, 5.41) is 22.1. The highest BCUT2D eigenvalue weighted by Crippen LogP contribution is 2.33. The molecule has 4 atom stereocenters. The van der Waals surface area contributed by atoms with Gasteiger partial charge in [0.2, 0.25) is 5.95 Å². The number of fused-ring (bicyclic) bond motifs is 1. The van der Waals surface area contributed by atoms with Crippen LogP contribution in [0.25, 0.3) is 10.3 Å². The fourth-order valence-corrected chi connectivity index (χ4v) is 3.70. The van der Waals surface area contributed by atoms with E-state index in [2.05, 4.69) is 9.97 Å². The molecule has 1 aliphatic rings. The summed E-state index contributed by atoms with van der Waals surface area (Å²) in [6.07, 6.45) is -3.92. The van der Waals surface area contributed by atoms with Crippen molar-refractivity contribution in [3.63, 3.8) is 0 Å². The fraction of sp³-hybridized carbons (Fsp3) is 0.600. The number of anilines is 1. The summed E-state index contributed by atoms with van der Waals surface area (Å²) in [5.41, 5.74) is 5.77. The second-order valence-electron chi connectivity index (χ2n) is 5.98. The monoisotopic (exact) mass is 399 g/mol. The zero-order valence-corrected chi connectivity index (χ0v) is 15.6. The number of nitrogens with two attached hydrogens (primary N) is 1. The Labute approximate surface area is 157 Å². The Bertz CT molecular complexity index is 881. The molecule has 0 radical (unpaired) electrons. The zero-order valence-electron chi connectivity index (χ0n) is 14.8. The largest absolute Gasteiger partial charge is 0.387 e. The standard InChI is InChI=1S/C15H21N5O6S/c1-3-19(4-2)26-9(21)5-7-10(22)11(23)13(25-7)20-12-8(27-15(20)24)6-17-14(16)18-12/h6-7,10-11,13,22-23H,3-5H2,1-2H3,(H2,16,17,18)/t7?,10?,11-,13?/m1/s1. The predicted octanol–water partition coefficient (Wildman–Crippen LogP) is -0.755. The molecule has 1 fully saturated rings. The van der Waals surface area contributed by atoms with Gasteiger partial charge in [0.25, 0.3) is 0 Å². The van der Waals surface area contributed by atoms with Gasteiger partial charge in [0.1, 0.15) is 12.2 Å². The van der Waals surface area contributed by atoms with Crippen LogP contribution in [0.5, 0.6) is 0 Å². The number of hydroxylamine groups is 2. The van der Waals surface area contributed by atoms with Crippen molar-refractivity contribution < 1.29 is 24.6 Å². The third-order valence-corrected chi connectivity index (χ3v) is 5.15. The van der Waals surface area contributed by atoms with Crippen molar-refractivity contribution in [2.24, 2.45) is 0 Å². The van der Waals surface area contributed by atoms with Crippen molar-refractivity contribution in [2.75, 3.05) is 18.8 Å². The van der Waals surface area contributed by atoms with Crippen molar-refractivity contribution in [2.45, 2.75) is 44.8 Å². The van der Waals surface area contributed by atoms with E-state index in [-0.39, 0.29) is 18.0 Å². The first-order chi connectivity index (χ1) is 12.8. The number of thiazole rings is 1. The van der Waals surface area contributed by atoms with Crippen LogP contribution in [0.15, 0.2) is 11.0 Å². The lowest BCUT2D eigenvalue weighted by Gasteiger charge is -2.19. The second-order valence-corrected chi connectivity index (χ2v) is 6.98. The van der Waals surface area contributed by atoms with Crippen molar-refractivity contribution in [3.8, 4) is 0 Å². The highest BCUT2D eigenvalue weighted by molar-refractivity contribution is 7.16. The van der Waals surface area contributed by atoms with Gasteiger partial charge >= 0.3 is 10.8 Å². The first-order valence-electron chi connectivity index (χ1n) is 8.46. The van der Waals surface area contributed by atoms with Crippen LogP contribution in [0.2, 0.25) is 0 Å². The van der Waals surface area contributed by atoms with Crippen molar-refractivity contribution in [1.29, 1.82) is 0 Å². The normalized spacial score (nSPS) is 25.4. The second kappa shape index (κ2) is 7.86. The lowest BCUT2D eigenvalue weighted by Crippen LogP contribution is -2.35. The average molecular weight is 399 g/mol. The van der Waals surface area contributed by atoms with Gasteiger partial charge in [-0.25, -0.2) is 4.98 Å². The van der Waals surface area contributed by atoms with Gasteiger partial charge < -0.3 is 25.5 Å². The number of nitrogens with zero attached hydrogens (tertiary/aromatic N) is 4. The molecule has 3 unspecified atom stereocenters. The molecule has 0 saturated carbocycles. The quantitative estimate of drug-likeness (QED) is 0.528. The van der Waals surface area contributed by atoms with E-state index in [9.17, 15) is 19.8 Å². The van der Waals surface area contributed by atoms with Gasteiger partial charge in [-0.2, -0.15) is 4.98 Å². The minimum atomic E-state index is -1.43. The smallest absolute Gasteiger partial charge is 0.327 e. The van der Waals surface area contributed by atoms with Crippen molar-refractivity contribution in [3.05, 3.63) is 15.9 Å². The van der Waals surface area contributed by atoms with Crippen LogP contribution in [-0.2, 0) is 14.4 Å². The van der Waals surface area contributed by atoms with Gasteiger partial charge in [-0.15, -0.1) is 5.06 Å². The molecule has 27 heavy (non-hydrogen) atoms. The SMILES string of the molecule is CCN(CC)OC(=O)CC1OC(n2c(=O)sc3cnc(N)nc32)[C@H](O)C1O. The van der Waals surface area contributed by atoms with Crippen LogP contribution >= 0.6 is 11.3 Å². The predicted molar refractivity (Wildman–Crippen MR) is 95.6 cm³/mol. The fourth-order valence-electron chi connectivity index (χ4n) is 2.88. The molecule has 0 aliphatic carbocycles. The number of carbonyl (C=O) groups excluding carboxylic acids is 1. The maximum atomic E-state index is 12.3. The molecule has 3 heterocycles. The van der Waals surface area contributed by atoms with E-state index in [0.29, 0.717) is 17.8 Å². The Morgan fingerprint density at radius 1 is 1.41 bits per heavy atom. The molecule has 3 rings (SSSR count). The molecule has 2 aromatic rings. The van der Waals surface area contributed by atoms with Crippen LogP contribution in [-0.4, -0.2) is 67.2 Å². The third kappa shape index (κ3) is 3.80. The van der Waals surface area contributed by atoms with Crippen LogP contribution in [0.4, 0.5) is 5.95 Å². The molecule has 4 N–H and O–H groups in total. The maximum absolute atomic E-state index is 12.3. The summed E-state index contributed by atoms with van der Waals surface area (Å²) in [5.74, 6) is -0.647. The van der Waals surface area contributed by atoms with Gasteiger partial charge in [-0.1, -0.05) is 11.3 Å². The molecule has 1 saturated heterocycles. The van der Waals surface area contributed by atoms with Crippen molar-refractivity contribution >= 4 is 33.6 Å². The topological polar surface area (TPSA) is 153 Å². The molecule has 0 bridgehead atoms. The van der Waals surface area contributed by atoms with Gasteiger partial charge in [0, 0.05) is 13.1 Å². The van der Waals surface area contributed by atoms with Crippen LogP contribution in [0.3, 0.4) is 0 Å². The Hall–Kier alpha value is -2.12. The number of aliphatic hydroxyl groups is 2. The average Bonchev–Trinajstić information content (AvgIpc) is 3.09. The maximum Gasteiger partial charge on any atom is 0.327 e. The van der Waals surface area contributed by atoms with Gasteiger partial charge in [0.15, 0.2) is 11.9 Å². The van der Waals surface area contributed by atoms with E-state index >= 15 is 0 Å². The summed E-state index contributed by atoms with van der Waals surface area (Å²) in [6.45, 7) is 4.69. The van der Waals surface area contributed by atoms with E-state index in [4.69, 9.17) is 15.3 Å². The summed E-state index contributed by atoms with van der Waals surface area (Å²) >= 11 is 0.863. The lowest BCUT2D eigenvalue weighted by molar-refractivity contribution is -0.192. The summed E-state index contributed by atoms with van der Waals surface area (Å²) < 4.78 is 7.20. The Morgan fingerprint density at radius 2 is 2.11 bits per heavy atom. The van der Waals surface area contributed by atoms with E-state index in [1.807, 2.05) is 13.8 Å². The number of nitrogen functional groups attached to an aromatic ring is 1. The summed E-state index contributed by atoms with van der Waals surface area (Å²) in [6, 6.07) is 0. The third-order valence-electron chi connectivity index (χ3n) is 4.27. The molecule has 0 spiro atoms. The highest BCUT2D eigenvalue weighted by Gasteiger charge is 2.46. The van der Waals surface area contributed by atoms with E-state index in [0.717, 1.165) is 15.9 Å². The highest BCUT2D eigenvalue weighted by atomic mass is 32.1. The molecular weight excluding hydrogens is 378 g/mol. The Kier molecular flexibility index (Phi) is 5.72. The summed E-state index contributed by atoms with van der Waals surface area (Å²) in [4.78, 5) is 36.9. The van der Waals surface area contributed by atoms with E-state index < -0.39 is 35.4 Å². The number of carbonyl (C=O) groups is 1. The molecule has 1 aliphatic heterocycles. The molecule has 148 valence electrons. The van der Waals surface area contributed by atoms with Gasteiger partial charge in [-0.05, 0) is 13.8 Å². The Balaban J connectivity index is 1.81. The van der Waals surface area contributed by atoms with Crippen LogP contribution in [0, 0.1) is 0 Å². The Morgan fingerprint density at radius 3 is 2.78 bits per heavy atom. The van der Waals surface area contributed by atoms with E-state index in [1.54, 1.807) is 0 Å². The van der Waals surface area contributed by atoms with Gasteiger partial charge in [0.05, 0.1) is 23.4 Å². The number of rotatable bonds is 6. The van der Waals surface area contributed by atoms with Crippen molar-refractivity contribution in [1.82, 2.24) is 19.6 Å². The zero-order chi connectivity index (χ0) is 19.7. The molecule has 0 aromatic carbocycles. The molecular formula is C15H21N5O6S. The first-order valence-corrected chi connectivity index (χ1v) is 9.28. The van der Waals surface area contributed by atoms with Crippen LogP contribution in [0.1, 0.15) is 26.5 Å². The molecule has 11 nitrogen and oxygen atoms in total. The number of ether oxygens (including phenoxy) is 1. The minimum Gasteiger partial charge on any atom is -0.387 e. The van der Waals surface area contributed by atoms with Crippen LogP contribution < -0.4 is 10.6 Å². The minimum absolute atomic E-state index is 0.0403. The molecule has 0 amide bonds. The number of aliphatic hydroxyl groups excluding tert-OH is 2. The summed E-state index contributed by atoms with van der Waals surface area (Å²) in [7, 11) is 0. The lowest BCUT2D eigenvalue weighted by atomic mass is 10.1. The number of aromatic nitrogens is 3. The molecule has 2 aromatic heterocycles. The first kappa shape index (κ1) is 19.6. The van der Waals surface area contributed by atoms with E-state index in [1.165, 1.54) is 11.3 Å². The van der Waals surface area contributed by atoms with Gasteiger partial charge in [-0.3, -0.25) is 14.2 Å².